The Balaban J connectivity index is 1.58. The van der Waals surface area contributed by atoms with Crippen LogP contribution in [0.5, 0.6) is 0 Å². The summed E-state index contributed by atoms with van der Waals surface area (Å²) in [5.74, 6) is 0.810. The highest BCUT2D eigenvalue weighted by Gasteiger charge is 2.24. The van der Waals surface area contributed by atoms with Gasteiger partial charge in [0.15, 0.2) is 5.65 Å². The van der Waals surface area contributed by atoms with Gasteiger partial charge in [0.05, 0.1) is 18.1 Å². The lowest BCUT2D eigenvalue weighted by atomic mass is 9.87. The molecular formula is C25H38N4O. The van der Waals surface area contributed by atoms with Crippen LogP contribution in [0.25, 0.3) is 11.0 Å². The van der Waals surface area contributed by atoms with Crippen LogP contribution in [0.15, 0.2) is 12.4 Å². The molecule has 2 aromatic heterocycles. The number of carbonyl (C=O) groups excluding carboxylic acids is 1. The van der Waals surface area contributed by atoms with Crippen molar-refractivity contribution in [2.45, 2.75) is 109 Å². The van der Waals surface area contributed by atoms with Crippen molar-refractivity contribution in [1.82, 2.24) is 15.2 Å². The summed E-state index contributed by atoms with van der Waals surface area (Å²) in [6, 6.07) is 0. The number of amides is 1. The molecule has 2 aliphatic rings. The summed E-state index contributed by atoms with van der Waals surface area (Å²) in [5.41, 5.74) is 3.04. The van der Waals surface area contributed by atoms with Gasteiger partial charge in [0, 0.05) is 11.3 Å². The van der Waals surface area contributed by atoms with Crippen LogP contribution in [0.2, 0.25) is 0 Å². The molecule has 2 aliphatic carbocycles. The van der Waals surface area contributed by atoms with Crippen LogP contribution in [0.1, 0.15) is 114 Å². The average molecular weight is 411 g/mol. The number of hydrogen-bond donors (Lipinski definition) is 2. The molecule has 2 fully saturated rings. The van der Waals surface area contributed by atoms with Crippen LogP contribution >= 0.6 is 0 Å². The molecule has 0 spiro atoms. The SMILES string of the molecule is O=C(Nc1cnc2[nH]ncc2c1C1CCCCCCCC1)C1CCCCCCCC1. The third-order valence-electron chi connectivity index (χ3n) is 7.27. The monoisotopic (exact) mass is 410 g/mol. The van der Waals surface area contributed by atoms with Crippen LogP contribution < -0.4 is 5.32 Å². The molecule has 0 aromatic carbocycles. The van der Waals surface area contributed by atoms with Crippen LogP contribution in [0.4, 0.5) is 5.69 Å². The second-order valence-electron chi connectivity index (χ2n) is 9.50. The van der Waals surface area contributed by atoms with E-state index in [9.17, 15) is 4.79 Å². The number of aromatic nitrogens is 3. The molecule has 30 heavy (non-hydrogen) atoms. The molecule has 0 radical (unpaired) electrons. The molecule has 1 amide bonds. The van der Waals surface area contributed by atoms with Gasteiger partial charge in [-0.2, -0.15) is 5.10 Å². The van der Waals surface area contributed by atoms with E-state index in [4.69, 9.17) is 0 Å². The molecule has 2 aromatic rings. The Hall–Kier alpha value is -1.91. The maximum absolute atomic E-state index is 13.3. The first-order valence-corrected chi connectivity index (χ1v) is 12.5. The molecule has 0 unspecified atom stereocenters. The third kappa shape index (κ3) is 5.41. The van der Waals surface area contributed by atoms with Gasteiger partial charge in [0.25, 0.3) is 0 Å². The van der Waals surface area contributed by atoms with Crippen LogP contribution in [-0.2, 0) is 4.79 Å². The molecule has 4 rings (SSSR count). The molecule has 0 atom stereocenters. The standard InChI is InChI=1S/C25H38N4O/c30-25(20-15-11-7-3-4-8-12-16-20)28-22-18-26-24-21(17-27-29-24)23(22)19-13-9-5-1-2-6-10-14-19/h17-20H,1-16H2,(H,28,30)(H,26,27,29). The van der Waals surface area contributed by atoms with E-state index < -0.39 is 0 Å². The van der Waals surface area contributed by atoms with Crippen LogP contribution in [0.3, 0.4) is 0 Å². The van der Waals surface area contributed by atoms with E-state index >= 15 is 0 Å². The van der Waals surface area contributed by atoms with Crippen molar-refractivity contribution in [3.63, 3.8) is 0 Å². The number of anilines is 1. The van der Waals surface area contributed by atoms with E-state index in [1.807, 2.05) is 12.4 Å². The Bertz CT molecular complexity index is 795. The fraction of sp³-hybridized carbons (Fsp3) is 0.720. The number of nitrogens with one attached hydrogen (secondary N) is 2. The summed E-state index contributed by atoms with van der Waals surface area (Å²) in [5, 5.41) is 11.7. The van der Waals surface area contributed by atoms with Crippen molar-refractivity contribution in [1.29, 1.82) is 0 Å². The molecular weight excluding hydrogens is 372 g/mol. The fourth-order valence-electron chi connectivity index (χ4n) is 5.51. The second kappa shape index (κ2) is 10.9. The molecule has 5 heteroatoms. The normalized spacial score (nSPS) is 21.1. The highest BCUT2D eigenvalue weighted by atomic mass is 16.1. The van der Waals surface area contributed by atoms with E-state index in [1.165, 1.54) is 95.5 Å². The van der Waals surface area contributed by atoms with Gasteiger partial charge in [-0.1, -0.05) is 77.0 Å². The second-order valence-corrected chi connectivity index (χ2v) is 9.50. The quantitative estimate of drug-likeness (QED) is 0.580. The van der Waals surface area contributed by atoms with Crippen molar-refractivity contribution < 1.29 is 4.79 Å². The predicted molar refractivity (Wildman–Crippen MR) is 123 cm³/mol. The Kier molecular flexibility index (Phi) is 7.76. The third-order valence-corrected chi connectivity index (χ3v) is 7.27. The van der Waals surface area contributed by atoms with E-state index in [1.54, 1.807) is 0 Å². The molecule has 2 saturated carbocycles. The van der Waals surface area contributed by atoms with Gasteiger partial charge in [0.1, 0.15) is 0 Å². The van der Waals surface area contributed by atoms with Crippen molar-refractivity contribution in [3.05, 3.63) is 18.0 Å². The lowest BCUT2D eigenvalue weighted by Crippen LogP contribution is -2.24. The zero-order valence-corrected chi connectivity index (χ0v) is 18.4. The van der Waals surface area contributed by atoms with Crippen molar-refractivity contribution in [2.24, 2.45) is 5.92 Å². The fourth-order valence-corrected chi connectivity index (χ4v) is 5.51. The summed E-state index contributed by atoms with van der Waals surface area (Å²) in [7, 11) is 0. The largest absolute Gasteiger partial charge is 0.324 e. The minimum absolute atomic E-state index is 0.136. The first kappa shape index (κ1) is 21.3. The number of aromatic amines is 1. The maximum Gasteiger partial charge on any atom is 0.227 e. The first-order valence-electron chi connectivity index (χ1n) is 12.5. The van der Waals surface area contributed by atoms with Gasteiger partial charge in [-0.25, -0.2) is 4.98 Å². The highest BCUT2D eigenvalue weighted by Crippen LogP contribution is 2.38. The van der Waals surface area contributed by atoms with Crippen LogP contribution in [0, 0.1) is 5.92 Å². The topological polar surface area (TPSA) is 70.7 Å². The van der Waals surface area contributed by atoms with E-state index in [-0.39, 0.29) is 11.8 Å². The zero-order chi connectivity index (χ0) is 20.6. The Morgan fingerprint density at radius 1 is 0.800 bits per heavy atom. The van der Waals surface area contributed by atoms with E-state index in [0.717, 1.165) is 29.6 Å². The number of H-pyrrole nitrogens is 1. The first-order chi connectivity index (χ1) is 14.8. The maximum atomic E-state index is 13.3. The summed E-state index contributed by atoms with van der Waals surface area (Å²) >= 11 is 0. The van der Waals surface area contributed by atoms with Gasteiger partial charge in [0.2, 0.25) is 5.91 Å². The molecule has 0 bridgehead atoms. The van der Waals surface area contributed by atoms with Gasteiger partial charge in [-0.15, -0.1) is 0 Å². The van der Waals surface area contributed by atoms with Crippen molar-refractivity contribution >= 4 is 22.6 Å². The molecule has 164 valence electrons. The summed E-state index contributed by atoms with van der Waals surface area (Å²) in [6.45, 7) is 0. The summed E-state index contributed by atoms with van der Waals surface area (Å²) in [6.07, 6.45) is 23.6. The highest BCUT2D eigenvalue weighted by molar-refractivity contribution is 5.96. The Morgan fingerprint density at radius 2 is 1.37 bits per heavy atom. The lowest BCUT2D eigenvalue weighted by molar-refractivity contribution is -0.120. The lowest BCUT2D eigenvalue weighted by Gasteiger charge is -2.23. The Morgan fingerprint density at radius 3 is 2.00 bits per heavy atom. The van der Waals surface area contributed by atoms with Gasteiger partial charge >= 0.3 is 0 Å². The average Bonchev–Trinajstić information content (AvgIpc) is 3.30. The van der Waals surface area contributed by atoms with Crippen molar-refractivity contribution in [2.75, 3.05) is 5.32 Å². The number of pyridine rings is 1. The minimum Gasteiger partial charge on any atom is -0.324 e. The number of nitrogens with zero attached hydrogens (tertiary/aromatic N) is 2. The number of rotatable bonds is 3. The molecule has 2 heterocycles. The number of hydrogen-bond acceptors (Lipinski definition) is 3. The van der Waals surface area contributed by atoms with Crippen molar-refractivity contribution in [3.8, 4) is 0 Å². The minimum atomic E-state index is 0.136. The smallest absolute Gasteiger partial charge is 0.227 e. The van der Waals surface area contributed by atoms with E-state index in [0.29, 0.717) is 5.92 Å². The Labute approximate surface area is 180 Å². The van der Waals surface area contributed by atoms with Gasteiger partial charge in [-0.05, 0) is 37.2 Å². The molecule has 2 N–H and O–H groups in total. The molecule has 0 aliphatic heterocycles. The summed E-state index contributed by atoms with van der Waals surface area (Å²) < 4.78 is 0. The number of carbonyl (C=O) groups is 1. The van der Waals surface area contributed by atoms with E-state index in [2.05, 4.69) is 20.5 Å². The molecule has 0 saturated heterocycles. The zero-order valence-electron chi connectivity index (χ0n) is 18.4. The molecule has 5 nitrogen and oxygen atoms in total. The van der Waals surface area contributed by atoms with Gasteiger partial charge < -0.3 is 5.32 Å². The predicted octanol–water partition coefficient (Wildman–Crippen LogP) is 6.87. The van der Waals surface area contributed by atoms with Crippen LogP contribution in [-0.4, -0.2) is 21.1 Å². The van der Waals surface area contributed by atoms with Gasteiger partial charge in [-0.3, -0.25) is 9.89 Å². The summed E-state index contributed by atoms with van der Waals surface area (Å²) in [4.78, 5) is 17.8. The number of fused-ring (bicyclic) bond motifs is 1.